The molecule has 0 unspecified atom stereocenters. The number of halogens is 1. The molecular weight excluding hydrogens is 303 g/mol. The third-order valence-corrected chi connectivity index (χ3v) is 4.05. The highest BCUT2D eigenvalue weighted by molar-refractivity contribution is 5.91. The molecule has 1 amide bonds. The number of alkyl halides is 1. The molecule has 3 rings (SSSR count). The van der Waals surface area contributed by atoms with E-state index < -0.39 is 6.17 Å². The molecule has 2 atom stereocenters. The predicted molar refractivity (Wildman–Crippen MR) is 78.5 cm³/mol. The Morgan fingerprint density at radius 1 is 1.48 bits per heavy atom. The summed E-state index contributed by atoms with van der Waals surface area (Å²) in [4.78, 5) is 14.0. The summed E-state index contributed by atoms with van der Waals surface area (Å²) >= 11 is 0. The van der Waals surface area contributed by atoms with Gasteiger partial charge in [0.05, 0.1) is 11.9 Å². The van der Waals surface area contributed by atoms with Gasteiger partial charge in [-0.05, 0) is 20.3 Å². The van der Waals surface area contributed by atoms with E-state index in [-0.39, 0.29) is 17.7 Å². The average molecular weight is 322 g/mol. The second kappa shape index (κ2) is 6.49. The van der Waals surface area contributed by atoms with Crippen LogP contribution in [-0.4, -0.2) is 46.4 Å². The molecule has 3 heterocycles. The number of rotatable bonds is 5. The lowest BCUT2D eigenvalue weighted by atomic mass is 10.2. The van der Waals surface area contributed by atoms with Gasteiger partial charge < -0.3 is 14.4 Å². The minimum atomic E-state index is -0.899. The Balaban J connectivity index is 1.59. The van der Waals surface area contributed by atoms with Crippen LogP contribution in [0.5, 0.6) is 0 Å². The van der Waals surface area contributed by atoms with E-state index >= 15 is 0 Å². The summed E-state index contributed by atoms with van der Waals surface area (Å²) in [6.07, 6.45) is 1.14. The lowest BCUT2D eigenvalue weighted by Gasteiger charge is -2.23. The van der Waals surface area contributed by atoms with Crippen LogP contribution in [0.4, 0.5) is 4.39 Å². The van der Waals surface area contributed by atoms with Gasteiger partial charge in [0.2, 0.25) is 5.76 Å². The maximum absolute atomic E-state index is 13.8. The first kappa shape index (κ1) is 15.7. The van der Waals surface area contributed by atoms with E-state index in [1.54, 1.807) is 19.2 Å². The average Bonchev–Trinajstić information content (AvgIpc) is 3.19. The first-order chi connectivity index (χ1) is 11.0. The van der Waals surface area contributed by atoms with E-state index in [2.05, 4.69) is 15.6 Å². The van der Waals surface area contributed by atoms with Crippen LogP contribution in [0, 0.1) is 13.8 Å². The molecule has 1 N–H and O–H groups in total. The molecule has 0 aliphatic carbocycles. The molecule has 1 saturated heterocycles. The van der Waals surface area contributed by atoms with Gasteiger partial charge in [-0.3, -0.25) is 9.69 Å². The normalized spacial score (nSPS) is 21.7. The Morgan fingerprint density at radius 3 is 2.96 bits per heavy atom. The van der Waals surface area contributed by atoms with Crippen molar-refractivity contribution in [2.24, 2.45) is 0 Å². The second-order valence-electron chi connectivity index (χ2n) is 5.87. The van der Waals surface area contributed by atoms with Crippen LogP contribution >= 0.6 is 0 Å². The maximum atomic E-state index is 13.8. The Kier molecular flexibility index (Phi) is 4.42. The number of aromatic nitrogens is 2. The van der Waals surface area contributed by atoms with E-state index in [9.17, 15) is 9.18 Å². The largest absolute Gasteiger partial charge is 0.361 e. The van der Waals surface area contributed by atoms with Crippen LogP contribution in [-0.2, 0) is 6.54 Å². The molecule has 1 fully saturated rings. The number of amides is 1. The molecule has 124 valence electrons. The van der Waals surface area contributed by atoms with Crippen molar-refractivity contribution in [3.63, 3.8) is 0 Å². The number of likely N-dealkylation sites (tertiary alicyclic amines) is 1. The smallest absolute Gasteiger partial charge is 0.289 e. The number of hydrogen-bond donors (Lipinski definition) is 1. The zero-order valence-electron chi connectivity index (χ0n) is 13.1. The van der Waals surface area contributed by atoms with Crippen LogP contribution in [0.2, 0.25) is 0 Å². The minimum absolute atomic E-state index is 0.0766. The monoisotopic (exact) mass is 322 g/mol. The van der Waals surface area contributed by atoms with Crippen molar-refractivity contribution < 1.29 is 18.2 Å². The molecule has 23 heavy (non-hydrogen) atoms. The van der Waals surface area contributed by atoms with Gasteiger partial charge in [-0.1, -0.05) is 10.3 Å². The lowest BCUT2D eigenvalue weighted by Crippen LogP contribution is -2.39. The molecule has 1 aliphatic heterocycles. The highest BCUT2D eigenvalue weighted by Gasteiger charge is 2.33. The Hall–Kier alpha value is -2.22. The molecule has 0 radical (unpaired) electrons. The summed E-state index contributed by atoms with van der Waals surface area (Å²) < 4.78 is 23.7. The summed E-state index contributed by atoms with van der Waals surface area (Å²) in [5.41, 5.74) is 1.57. The molecule has 0 spiro atoms. The van der Waals surface area contributed by atoms with E-state index in [0.29, 0.717) is 31.7 Å². The first-order valence-electron chi connectivity index (χ1n) is 7.52. The fraction of sp³-hybridized carbons (Fsp3) is 0.533. The van der Waals surface area contributed by atoms with Crippen molar-refractivity contribution in [2.75, 3.05) is 13.1 Å². The van der Waals surface area contributed by atoms with Gasteiger partial charge in [-0.15, -0.1) is 0 Å². The molecule has 0 bridgehead atoms. The molecule has 8 heteroatoms. The standard InChI is InChI=1S/C15H19FN4O3/c1-9-3-14(23-19-9)15(21)17-6-13-4-12(16)8-20(13)7-11-5-18-22-10(11)2/h3,5,12-13H,4,6-8H2,1-2H3,(H,17,21)/t12-,13-/m0/s1. The summed E-state index contributed by atoms with van der Waals surface area (Å²) in [5, 5.41) is 10.2. The number of nitrogens with one attached hydrogen (secondary N) is 1. The van der Waals surface area contributed by atoms with Crippen molar-refractivity contribution in [1.29, 1.82) is 0 Å². The van der Waals surface area contributed by atoms with Crippen molar-refractivity contribution in [3.05, 3.63) is 35.0 Å². The SMILES string of the molecule is Cc1cc(C(=O)NC[C@@H]2C[C@H](F)CN2Cc2cnoc2C)on1. The minimum Gasteiger partial charge on any atom is -0.361 e. The van der Waals surface area contributed by atoms with Gasteiger partial charge in [0.25, 0.3) is 5.91 Å². The van der Waals surface area contributed by atoms with Crippen LogP contribution in [0.25, 0.3) is 0 Å². The predicted octanol–water partition coefficient (Wildman–Crippen LogP) is 1.62. The van der Waals surface area contributed by atoms with Gasteiger partial charge in [0, 0.05) is 37.3 Å². The highest BCUT2D eigenvalue weighted by atomic mass is 19.1. The third kappa shape index (κ3) is 3.58. The summed E-state index contributed by atoms with van der Waals surface area (Å²) in [7, 11) is 0. The van der Waals surface area contributed by atoms with E-state index in [1.807, 2.05) is 11.8 Å². The van der Waals surface area contributed by atoms with Crippen LogP contribution in [0.15, 0.2) is 21.3 Å². The topological polar surface area (TPSA) is 84.4 Å². The molecule has 0 saturated carbocycles. The third-order valence-electron chi connectivity index (χ3n) is 4.05. The fourth-order valence-electron chi connectivity index (χ4n) is 2.79. The molecular formula is C15H19FN4O3. The fourth-order valence-corrected chi connectivity index (χ4v) is 2.79. The highest BCUT2D eigenvalue weighted by Crippen LogP contribution is 2.23. The zero-order valence-corrected chi connectivity index (χ0v) is 13.1. The number of carbonyl (C=O) groups excluding carboxylic acids is 1. The maximum Gasteiger partial charge on any atom is 0.289 e. The van der Waals surface area contributed by atoms with Crippen molar-refractivity contribution in [1.82, 2.24) is 20.5 Å². The van der Waals surface area contributed by atoms with Gasteiger partial charge in [-0.25, -0.2) is 4.39 Å². The molecule has 2 aromatic heterocycles. The number of nitrogens with zero attached hydrogens (tertiary/aromatic N) is 3. The van der Waals surface area contributed by atoms with Crippen LogP contribution in [0.1, 0.15) is 34.0 Å². The summed E-state index contributed by atoms with van der Waals surface area (Å²) in [6.45, 7) is 4.82. The molecule has 2 aromatic rings. The molecule has 1 aliphatic rings. The number of hydrogen-bond acceptors (Lipinski definition) is 6. The van der Waals surface area contributed by atoms with Gasteiger partial charge in [0.1, 0.15) is 11.9 Å². The Morgan fingerprint density at radius 2 is 2.30 bits per heavy atom. The lowest BCUT2D eigenvalue weighted by molar-refractivity contribution is 0.0903. The van der Waals surface area contributed by atoms with Crippen LogP contribution < -0.4 is 5.32 Å². The first-order valence-corrected chi connectivity index (χ1v) is 7.52. The number of carbonyl (C=O) groups is 1. The van der Waals surface area contributed by atoms with Crippen molar-refractivity contribution in [2.45, 2.75) is 39.0 Å². The van der Waals surface area contributed by atoms with Crippen molar-refractivity contribution >= 4 is 5.91 Å². The Labute approximate surface area is 132 Å². The summed E-state index contributed by atoms with van der Waals surface area (Å²) in [5.74, 6) is 0.556. The van der Waals surface area contributed by atoms with E-state index in [0.717, 1.165) is 11.3 Å². The zero-order chi connectivity index (χ0) is 16.4. The number of aryl methyl sites for hydroxylation is 2. The van der Waals surface area contributed by atoms with E-state index in [1.165, 1.54) is 0 Å². The van der Waals surface area contributed by atoms with Gasteiger partial charge >= 0.3 is 0 Å². The van der Waals surface area contributed by atoms with Gasteiger partial charge in [0.15, 0.2) is 0 Å². The Bertz CT molecular complexity index is 684. The molecule has 7 nitrogen and oxygen atoms in total. The van der Waals surface area contributed by atoms with Crippen molar-refractivity contribution in [3.8, 4) is 0 Å². The molecule has 0 aromatic carbocycles. The van der Waals surface area contributed by atoms with Gasteiger partial charge in [-0.2, -0.15) is 0 Å². The second-order valence-corrected chi connectivity index (χ2v) is 5.87. The van der Waals surface area contributed by atoms with Crippen LogP contribution in [0.3, 0.4) is 0 Å². The quantitative estimate of drug-likeness (QED) is 0.900. The summed E-state index contributed by atoms with van der Waals surface area (Å²) in [6, 6.07) is 1.49. The van der Waals surface area contributed by atoms with E-state index in [4.69, 9.17) is 9.05 Å².